The van der Waals surface area contributed by atoms with Gasteiger partial charge in [-0.2, -0.15) is 0 Å². The van der Waals surface area contributed by atoms with Crippen molar-refractivity contribution in [2.75, 3.05) is 10.6 Å². The summed E-state index contributed by atoms with van der Waals surface area (Å²) in [5, 5.41) is 0. The first-order valence-electron chi connectivity index (χ1n) is 15.8. The van der Waals surface area contributed by atoms with Crippen LogP contribution in [0.25, 0.3) is 22.3 Å². The monoisotopic (exact) mass is 595 g/mol. The van der Waals surface area contributed by atoms with Gasteiger partial charge in [0.25, 0.3) is 0 Å². The molecule has 0 amide bonds. The van der Waals surface area contributed by atoms with Gasteiger partial charge in [-0.1, -0.05) is 105 Å². The molecule has 6 rings (SSSR count). The summed E-state index contributed by atoms with van der Waals surface area (Å²) in [6.45, 7) is 20.0. The predicted molar refractivity (Wildman–Crippen MR) is 190 cm³/mol. The number of nitrogen functional groups attached to an aromatic ring is 1. The number of ether oxygens (including phenoxy) is 1. The number of pyridine rings is 1. The quantitative estimate of drug-likeness (QED) is 0.207. The van der Waals surface area contributed by atoms with Crippen LogP contribution in [0.3, 0.4) is 0 Å². The van der Waals surface area contributed by atoms with Crippen molar-refractivity contribution in [3.8, 4) is 33.8 Å². The lowest BCUT2D eigenvalue weighted by atomic mass is 9.79. The molecule has 230 valence electrons. The van der Waals surface area contributed by atoms with Crippen LogP contribution in [-0.2, 0) is 16.2 Å². The van der Waals surface area contributed by atoms with Crippen LogP contribution in [0.5, 0.6) is 11.5 Å². The van der Waals surface area contributed by atoms with Crippen LogP contribution < -0.4 is 15.4 Å². The topological polar surface area (TPSA) is 51.4 Å². The first-order valence-corrected chi connectivity index (χ1v) is 15.8. The maximum absolute atomic E-state index is 6.80. The maximum Gasteiger partial charge on any atom is 0.137 e. The Kier molecular flexibility index (Phi) is 7.31. The highest BCUT2D eigenvalue weighted by Crippen LogP contribution is 2.52. The molecule has 0 bridgehead atoms. The zero-order chi connectivity index (χ0) is 32.3. The average Bonchev–Trinajstić information content (AvgIpc) is 3.08. The molecule has 4 aromatic carbocycles. The largest absolute Gasteiger partial charge is 0.457 e. The van der Waals surface area contributed by atoms with E-state index in [-0.39, 0.29) is 16.2 Å². The van der Waals surface area contributed by atoms with Crippen LogP contribution in [0.15, 0.2) is 97.2 Å². The molecule has 0 atom stereocenters. The Bertz CT molecular complexity index is 1900. The van der Waals surface area contributed by atoms with Gasteiger partial charge < -0.3 is 10.5 Å². The molecule has 4 heteroatoms. The van der Waals surface area contributed by atoms with Crippen molar-refractivity contribution in [3.05, 3.63) is 114 Å². The molecule has 1 aromatic heterocycles. The standard InChI is InChI=1S/C41H45N3O/c1-39(2,3)26-20-21-43-38(22-26)44-35-17-13-12-16-30(35)28-14-10-11-15-29(28)31-19-18-27(23-36(31)44)45-37-25-34(42)32(40(4,5)6)24-33(37)41(7,8)9/h10-25H,42H2,1-9H3. The minimum absolute atomic E-state index is 0.0255. The predicted octanol–water partition coefficient (Wildman–Crippen LogP) is 11.5. The number of anilines is 4. The second-order valence-corrected chi connectivity index (χ2v) is 15.3. The van der Waals surface area contributed by atoms with Gasteiger partial charge in [-0.15, -0.1) is 0 Å². The highest BCUT2D eigenvalue weighted by molar-refractivity contribution is 6.02. The molecule has 45 heavy (non-hydrogen) atoms. The van der Waals surface area contributed by atoms with Gasteiger partial charge in [0.2, 0.25) is 0 Å². The third kappa shape index (κ3) is 5.70. The van der Waals surface area contributed by atoms with Crippen LogP contribution in [-0.4, -0.2) is 4.98 Å². The first-order chi connectivity index (χ1) is 21.1. The molecule has 2 N–H and O–H groups in total. The number of nitrogens with two attached hydrogens (primary N) is 1. The Hall–Kier alpha value is -4.57. The molecule has 2 heterocycles. The highest BCUT2D eigenvalue weighted by Gasteiger charge is 2.29. The zero-order valence-electron chi connectivity index (χ0n) is 28.1. The number of nitrogens with zero attached hydrogens (tertiary/aromatic N) is 2. The third-order valence-corrected chi connectivity index (χ3v) is 8.70. The highest BCUT2D eigenvalue weighted by atomic mass is 16.5. The van der Waals surface area contributed by atoms with Gasteiger partial charge in [0.1, 0.15) is 17.3 Å². The van der Waals surface area contributed by atoms with Crippen molar-refractivity contribution in [1.29, 1.82) is 0 Å². The van der Waals surface area contributed by atoms with Gasteiger partial charge in [0.15, 0.2) is 0 Å². The summed E-state index contributed by atoms with van der Waals surface area (Å²) in [7, 11) is 0. The molecule has 0 aliphatic carbocycles. The lowest BCUT2D eigenvalue weighted by Gasteiger charge is -2.29. The van der Waals surface area contributed by atoms with Gasteiger partial charge in [-0.05, 0) is 74.9 Å². The molecule has 0 unspecified atom stereocenters. The Morgan fingerprint density at radius 1 is 0.578 bits per heavy atom. The SMILES string of the molecule is CC(C)(C)c1ccnc(N2c3ccccc3-c3ccccc3-c3ccc(Oc4cc(N)c(C(C)(C)C)cc4C(C)(C)C)cc32)c1. The van der Waals surface area contributed by atoms with Crippen molar-refractivity contribution in [2.45, 2.75) is 78.6 Å². The fourth-order valence-electron chi connectivity index (χ4n) is 6.26. The molecule has 0 fully saturated rings. The van der Waals surface area contributed by atoms with E-state index in [0.717, 1.165) is 56.6 Å². The maximum atomic E-state index is 6.80. The molecule has 0 saturated heterocycles. The van der Waals surface area contributed by atoms with E-state index in [4.69, 9.17) is 15.5 Å². The second-order valence-electron chi connectivity index (χ2n) is 15.3. The molecule has 0 radical (unpaired) electrons. The summed E-state index contributed by atoms with van der Waals surface area (Å²) in [4.78, 5) is 7.24. The Balaban J connectivity index is 1.58. The van der Waals surface area contributed by atoms with Crippen LogP contribution in [0.4, 0.5) is 22.9 Å². The summed E-state index contributed by atoms with van der Waals surface area (Å²) < 4.78 is 6.80. The summed E-state index contributed by atoms with van der Waals surface area (Å²) in [5.74, 6) is 2.40. The lowest BCUT2D eigenvalue weighted by molar-refractivity contribution is 0.454. The third-order valence-electron chi connectivity index (χ3n) is 8.70. The van der Waals surface area contributed by atoms with E-state index in [1.54, 1.807) is 0 Å². The normalized spacial score (nSPS) is 13.0. The molecular formula is C41H45N3O. The van der Waals surface area contributed by atoms with Crippen molar-refractivity contribution >= 4 is 22.9 Å². The summed E-state index contributed by atoms with van der Waals surface area (Å²) in [6, 6.07) is 32.2. The van der Waals surface area contributed by atoms with E-state index >= 15 is 0 Å². The fraction of sp³-hybridized carbons (Fsp3) is 0.293. The van der Waals surface area contributed by atoms with Crippen LogP contribution in [0.2, 0.25) is 0 Å². The van der Waals surface area contributed by atoms with Gasteiger partial charge >= 0.3 is 0 Å². The van der Waals surface area contributed by atoms with Crippen LogP contribution in [0, 0.1) is 0 Å². The van der Waals surface area contributed by atoms with Gasteiger partial charge in [-0.3, -0.25) is 4.90 Å². The number of benzene rings is 4. The second kappa shape index (κ2) is 10.8. The van der Waals surface area contributed by atoms with Gasteiger partial charge in [-0.25, -0.2) is 4.98 Å². The fourth-order valence-corrected chi connectivity index (χ4v) is 6.26. The van der Waals surface area contributed by atoms with Crippen LogP contribution >= 0.6 is 0 Å². The minimum atomic E-state index is -0.143. The van der Waals surface area contributed by atoms with E-state index in [2.05, 4.69) is 152 Å². The number of aromatic nitrogens is 1. The molecule has 1 aliphatic heterocycles. The van der Waals surface area contributed by atoms with E-state index in [1.165, 1.54) is 16.7 Å². The average molecular weight is 596 g/mol. The number of hydrogen-bond donors (Lipinski definition) is 1. The molecular weight excluding hydrogens is 550 g/mol. The van der Waals surface area contributed by atoms with E-state index < -0.39 is 0 Å². The summed E-state index contributed by atoms with van der Waals surface area (Å²) >= 11 is 0. The van der Waals surface area contributed by atoms with Crippen molar-refractivity contribution in [3.63, 3.8) is 0 Å². The van der Waals surface area contributed by atoms with Crippen molar-refractivity contribution in [1.82, 2.24) is 4.98 Å². The molecule has 1 aliphatic rings. The molecule has 0 spiro atoms. The van der Waals surface area contributed by atoms with E-state index in [1.807, 2.05) is 12.3 Å². The van der Waals surface area contributed by atoms with Gasteiger partial charge in [0.05, 0.1) is 11.4 Å². The minimum Gasteiger partial charge on any atom is -0.457 e. The number of rotatable bonds is 3. The van der Waals surface area contributed by atoms with Gasteiger partial charge in [0, 0.05) is 40.7 Å². The Labute approximate surface area is 268 Å². The van der Waals surface area contributed by atoms with Crippen LogP contribution in [0.1, 0.15) is 79.0 Å². The Morgan fingerprint density at radius 3 is 1.80 bits per heavy atom. The lowest BCUT2D eigenvalue weighted by Crippen LogP contribution is -2.19. The van der Waals surface area contributed by atoms with Crippen molar-refractivity contribution in [2.24, 2.45) is 0 Å². The van der Waals surface area contributed by atoms with E-state index in [0.29, 0.717) is 0 Å². The smallest absolute Gasteiger partial charge is 0.137 e. The first kappa shape index (κ1) is 30.5. The number of fused-ring (bicyclic) bond motifs is 5. The molecule has 0 saturated carbocycles. The Morgan fingerprint density at radius 2 is 1.18 bits per heavy atom. The molecule has 4 nitrogen and oxygen atoms in total. The number of para-hydroxylation sites is 1. The van der Waals surface area contributed by atoms with Crippen molar-refractivity contribution < 1.29 is 4.74 Å². The van der Waals surface area contributed by atoms with E-state index in [9.17, 15) is 0 Å². The zero-order valence-corrected chi connectivity index (χ0v) is 28.1. The number of hydrogen-bond acceptors (Lipinski definition) is 4. The summed E-state index contributed by atoms with van der Waals surface area (Å²) in [5.41, 5.74) is 17.4. The summed E-state index contributed by atoms with van der Waals surface area (Å²) in [6.07, 6.45) is 1.92. The molecule has 5 aromatic rings.